The number of hydrogen-bond acceptors (Lipinski definition) is 4. The summed E-state index contributed by atoms with van der Waals surface area (Å²) in [6, 6.07) is 3.02. The molecule has 0 amide bonds. The third-order valence-electron chi connectivity index (χ3n) is 2.15. The van der Waals surface area contributed by atoms with E-state index in [9.17, 15) is 13.6 Å². The van der Waals surface area contributed by atoms with E-state index in [0.29, 0.717) is 16.5 Å². The molecule has 1 rings (SSSR count). The number of methoxy groups -OCH3 is 1. The molecule has 0 aliphatic carbocycles. The van der Waals surface area contributed by atoms with E-state index < -0.39 is 17.0 Å². The molecule has 0 aromatic heterocycles. The second-order valence-corrected chi connectivity index (χ2v) is 4.97. The van der Waals surface area contributed by atoms with Gasteiger partial charge in [-0.15, -0.1) is 0 Å². The number of carbonyl (C=O) groups is 1. The first-order chi connectivity index (χ1) is 8.01. The van der Waals surface area contributed by atoms with E-state index in [0.717, 1.165) is 0 Å². The molecule has 0 saturated carbocycles. The van der Waals surface area contributed by atoms with Gasteiger partial charge in [0.15, 0.2) is 0 Å². The van der Waals surface area contributed by atoms with Crippen molar-refractivity contribution in [3.05, 3.63) is 33.8 Å². The molecule has 0 spiro atoms. The summed E-state index contributed by atoms with van der Waals surface area (Å²) in [4.78, 5) is 11.4. The molecule has 0 bridgehead atoms. The smallest absolute Gasteiger partial charge is 0.339 e. The highest BCUT2D eigenvalue weighted by Gasteiger charge is 2.16. The molecule has 4 nitrogen and oxygen atoms in total. The lowest BCUT2D eigenvalue weighted by Gasteiger charge is -2.13. The first-order valence-corrected chi connectivity index (χ1v) is 7.26. The molecule has 1 aromatic carbocycles. The Morgan fingerprint density at radius 2 is 2.24 bits per heavy atom. The first kappa shape index (κ1) is 14.6. The second kappa shape index (κ2) is 6.49. The van der Waals surface area contributed by atoms with E-state index in [2.05, 4.69) is 20.7 Å². The zero-order valence-electron chi connectivity index (χ0n) is 8.87. The molecule has 0 saturated heterocycles. The SMILES string of the molecule is COC(=O)c1ccc(CS(=O)[O-])c(CBr)c1Cl. The molecule has 7 heteroatoms. The summed E-state index contributed by atoms with van der Waals surface area (Å²) in [7, 11) is 1.26. The minimum Gasteiger partial charge on any atom is -0.772 e. The third kappa shape index (κ3) is 3.51. The second-order valence-electron chi connectivity index (χ2n) is 3.14. The van der Waals surface area contributed by atoms with Crippen molar-refractivity contribution in [1.82, 2.24) is 0 Å². The fourth-order valence-corrected chi connectivity index (χ4v) is 2.99. The van der Waals surface area contributed by atoms with E-state index in [1.807, 2.05) is 0 Å². The van der Waals surface area contributed by atoms with Crippen molar-refractivity contribution in [3.8, 4) is 0 Å². The number of hydrogen-bond donors (Lipinski definition) is 0. The maximum atomic E-state index is 11.4. The largest absolute Gasteiger partial charge is 0.772 e. The van der Waals surface area contributed by atoms with Gasteiger partial charge in [-0.2, -0.15) is 0 Å². The van der Waals surface area contributed by atoms with Crippen LogP contribution in [0.2, 0.25) is 5.02 Å². The summed E-state index contributed by atoms with van der Waals surface area (Å²) in [5, 5.41) is 0.583. The van der Waals surface area contributed by atoms with Crippen LogP contribution in [0.25, 0.3) is 0 Å². The highest BCUT2D eigenvalue weighted by Crippen LogP contribution is 2.28. The zero-order valence-corrected chi connectivity index (χ0v) is 12.0. The van der Waals surface area contributed by atoms with Gasteiger partial charge in [-0.25, -0.2) is 4.79 Å². The van der Waals surface area contributed by atoms with E-state index in [1.165, 1.54) is 13.2 Å². The summed E-state index contributed by atoms with van der Waals surface area (Å²) in [5.41, 5.74) is 1.37. The molecule has 0 aliphatic rings. The minimum absolute atomic E-state index is 0.137. The van der Waals surface area contributed by atoms with Crippen LogP contribution in [0.1, 0.15) is 21.5 Å². The van der Waals surface area contributed by atoms with Gasteiger partial charge in [0.2, 0.25) is 0 Å². The Labute approximate surface area is 115 Å². The number of carbonyl (C=O) groups excluding carboxylic acids is 1. The Bertz CT molecular complexity index is 464. The van der Waals surface area contributed by atoms with E-state index in [4.69, 9.17) is 11.6 Å². The van der Waals surface area contributed by atoms with Crippen molar-refractivity contribution in [2.75, 3.05) is 7.11 Å². The zero-order chi connectivity index (χ0) is 13.0. The van der Waals surface area contributed by atoms with Gasteiger partial charge in [0, 0.05) is 11.1 Å². The van der Waals surface area contributed by atoms with Crippen molar-refractivity contribution in [1.29, 1.82) is 0 Å². The van der Waals surface area contributed by atoms with Gasteiger partial charge in [-0.05, 0) is 17.2 Å². The Kier molecular flexibility index (Phi) is 5.58. The van der Waals surface area contributed by atoms with Crippen LogP contribution >= 0.6 is 27.5 Å². The molecule has 0 heterocycles. The monoisotopic (exact) mass is 339 g/mol. The van der Waals surface area contributed by atoms with E-state index in [-0.39, 0.29) is 16.3 Å². The maximum Gasteiger partial charge on any atom is 0.339 e. The first-order valence-electron chi connectivity index (χ1n) is 4.51. The van der Waals surface area contributed by atoms with Crippen LogP contribution in [0.4, 0.5) is 0 Å². The molecule has 94 valence electrons. The Morgan fingerprint density at radius 1 is 1.59 bits per heavy atom. The molecular weight excluding hydrogens is 332 g/mol. The highest BCUT2D eigenvalue weighted by molar-refractivity contribution is 9.08. The topological polar surface area (TPSA) is 66.4 Å². The standard InChI is InChI=1S/C10H10BrClO4S/c1-16-10(13)7-3-2-6(5-17(14)15)8(4-11)9(7)12/h2-3H,4-5H2,1H3,(H,14,15)/p-1. The Morgan fingerprint density at radius 3 is 2.71 bits per heavy atom. The van der Waals surface area contributed by atoms with Crippen LogP contribution in [0.5, 0.6) is 0 Å². The van der Waals surface area contributed by atoms with Gasteiger partial charge in [0.05, 0.1) is 17.7 Å². The van der Waals surface area contributed by atoms with Crippen molar-refractivity contribution in [3.63, 3.8) is 0 Å². The quantitative estimate of drug-likeness (QED) is 0.479. The van der Waals surface area contributed by atoms with Crippen LogP contribution in [0.3, 0.4) is 0 Å². The van der Waals surface area contributed by atoms with Gasteiger partial charge < -0.3 is 9.29 Å². The Balaban J connectivity index is 3.26. The fourth-order valence-electron chi connectivity index (χ4n) is 1.34. The molecule has 0 aliphatic heterocycles. The lowest BCUT2D eigenvalue weighted by atomic mass is 10.1. The fraction of sp³-hybridized carbons (Fsp3) is 0.300. The Hall–Kier alpha value is -0.430. The number of rotatable bonds is 4. The van der Waals surface area contributed by atoms with Crippen LogP contribution in [-0.4, -0.2) is 21.8 Å². The minimum atomic E-state index is -2.20. The average molecular weight is 341 g/mol. The molecule has 1 unspecified atom stereocenters. The van der Waals surface area contributed by atoms with Gasteiger partial charge >= 0.3 is 5.97 Å². The number of ether oxygens (including phenoxy) is 1. The van der Waals surface area contributed by atoms with Crippen LogP contribution in [0.15, 0.2) is 12.1 Å². The molecule has 0 fully saturated rings. The molecule has 1 aromatic rings. The van der Waals surface area contributed by atoms with Crippen LogP contribution in [-0.2, 0) is 26.9 Å². The summed E-state index contributed by atoms with van der Waals surface area (Å²) < 4.78 is 25.9. The number of benzene rings is 1. The molecule has 1 atom stereocenters. The maximum absolute atomic E-state index is 11.4. The molecule has 0 radical (unpaired) electrons. The predicted octanol–water partition coefficient (Wildman–Crippen LogP) is 2.40. The number of alkyl halides is 1. The lowest BCUT2D eigenvalue weighted by Crippen LogP contribution is -2.06. The van der Waals surface area contributed by atoms with Gasteiger partial charge in [-0.3, -0.25) is 4.21 Å². The third-order valence-corrected chi connectivity index (χ3v) is 3.69. The van der Waals surface area contributed by atoms with Gasteiger partial charge in [0.25, 0.3) is 0 Å². The van der Waals surface area contributed by atoms with Crippen LogP contribution in [0, 0.1) is 0 Å². The predicted molar refractivity (Wildman–Crippen MR) is 68.0 cm³/mol. The summed E-state index contributed by atoms with van der Waals surface area (Å²) >= 11 is 7.05. The van der Waals surface area contributed by atoms with Gasteiger partial charge in [-0.1, -0.05) is 44.7 Å². The van der Waals surface area contributed by atoms with Crippen molar-refractivity contribution < 1.29 is 18.3 Å². The van der Waals surface area contributed by atoms with E-state index >= 15 is 0 Å². The number of halogens is 2. The lowest BCUT2D eigenvalue weighted by molar-refractivity contribution is 0.0601. The summed E-state index contributed by atoms with van der Waals surface area (Å²) in [5.74, 6) is -0.686. The summed E-state index contributed by atoms with van der Waals surface area (Å²) in [6.45, 7) is 0. The van der Waals surface area contributed by atoms with E-state index in [1.54, 1.807) is 6.07 Å². The normalized spacial score (nSPS) is 12.2. The van der Waals surface area contributed by atoms with Crippen molar-refractivity contribution >= 4 is 44.6 Å². The summed E-state index contributed by atoms with van der Waals surface area (Å²) in [6.07, 6.45) is 0. The molecule has 0 N–H and O–H groups in total. The van der Waals surface area contributed by atoms with Crippen molar-refractivity contribution in [2.45, 2.75) is 11.1 Å². The average Bonchev–Trinajstić information content (AvgIpc) is 2.28. The highest BCUT2D eigenvalue weighted by atomic mass is 79.9. The van der Waals surface area contributed by atoms with Crippen molar-refractivity contribution in [2.24, 2.45) is 0 Å². The van der Waals surface area contributed by atoms with Gasteiger partial charge in [0.1, 0.15) is 0 Å². The molecular formula is C10H9BrClO4S-. The number of esters is 1. The van der Waals surface area contributed by atoms with Crippen LogP contribution < -0.4 is 0 Å². The molecule has 17 heavy (non-hydrogen) atoms.